The summed E-state index contributed by atoms with van der Waals surface area (Å²) in [6, 6.07) is 0. The largest absolute Gasteiger partial charge is 0.591 e. The van der Waals surface area contributed by atoms with Crippen molar-refractivity contribution in [3.63, 3.8) is 0 Å². The Morgan fingerprint density at radius 2 is 2.07 bits per heavy atom. The third-order valence-electron chi connectivity index (χ3n) is 1.88. The van der Waals surface area contributed by atoms with E-state index in [1.165, 1.54) is 0 Å². The van der Waals surface area contributed by atoms with E-state index in [2.05, 4.69) is 4.40 Å². The van der Waals surface area contributed by atoms with E-state index in [4.69, 9.17) is 9.47 Å². The van der Waals surface area contributed by atoms with Crippen LogP contribution in [0.1, 0.15) is 34.6 Å². The molecule has 15 heavy (non-hydrogen) atoms. The topological polar surface area (TPSA) is 53.9 Å². The van der Waals surface area contributed by atoms with Gasteiger partial charge in [0.15, 0.2) is 5.79 Å². The first-order valence-electron chi connectivity index (χ1n) is 4.99. The molecule has 1 saturated heterocycles. The van der Waals surface area contributed by atoms with E-state index in [-0.39, 0.29) is 10.9 Å². The van der Waals surface area contributed by atoms with Crippen molar-refractivity contribution in [1.29, 1.82) is 0 Å². The molecule has 4 nitrogen and oxygen atoms in total. The number of ether oxygens (including phenoxy) is 2. The highest BCUT2D eigenvalue weighted by Crippen LogP contribution is 2.22. The zero-order valence-electron chi connectivity index (χ0n) is 9.94. The Morgan fingerprint density at radius 1 is 1.47 bits per heavy atom. The monoisotopic (exact) mass is 233 g/mol. The van der Waals surface area contributed by atoms with E-state index in [1.54, 1.807) is 6.21 Å². The van der Waals surface area contributed by atoms with Crippen LogP contribution in [0.5, 0.6) is 0 Å². The van der Waals surface area contributed by atoms with E-state index >= 15 is 0 Å². The summed E-state index contributed by atoms with van der Waals surface area (Å²) < 4.78 is 26.1. The van der Waals surface area contributed by atoms with E-state index < -0.39 is 17.1 Å². The Bertz CT molecular complexity index is 248. The van der Waals surface area contributed by atoms with E-state index in [0.717, 1.165) is 0 Å². The molecule has 0 aliphatic carbocycles. The maximum atomic E-state index is 11.6. The molecule has 0 N–H and O–H groups in total. The van der Waals surface area contributed by atoms with Gasteiger partial charge in [-0.1, -0.05) is 4.40 Å². The van der Waals surface area contributed by atoms with Gasteiger partial charge in [-0.3, -0.25) is 0 Å². The molecule has 1 aliphatic heterocycles. The lowest BCUT2D eigenvalue weighted by Gasteiger charge is -2.18. The predicted octanol–water partition coefficient (Wildman–Crippen LogP) is 1.67. The average Bonchev–Trinajstić information content (AvgIpc) is 2.39. The van der Waals surface area contributed by atoms with Gasteiger partial charge in [0, 0.05) is 0 Å². The second-order valence-corrected chi connectivity index (χ2v) is 6.92. The number of hydrogen-bond donors (Lipinski definition) is 0. The van der Waals surface area contributed by atoms with Crippen LogP contribution in [0.4, 0.5) is 0 Å². The molecule has 0 amide bonds. The molecule has 0 aromatic heterocycles. The van der Waals surface area contributed by atoms with Crippen molar-refractivity contribution in [1.82, 2.24) is 0 Å². The molecule has 0 aromatic rings. The summed E-state index contributed by atoms with van der Waals surface area (Å²) in [6.45, 7) is 9.82. The molecule has 0 bridgehead atoms. The molecule has 1 heterocycles. The van der Waals surface area contributed by atoms with Gasteiger partial charge in [0.2, 0.25) is 0 Å². The van der Waals surface area contributed by atoms with Crippen molar-refractivity contribution < 1.29 is 14.0 Å². The molecule has 1 rings (SSSR count). The summed E-state index contributed by atoms with van der Waals surface area (Å²) in [6.07, 6.45) is 1.39. The molecule has 0 saturated carbocycles. The summed E-state index contributed by atoms with van der Waals surface area (Å²) in [7, 11) is 0. The normalized spacial score (nSPS) is 28.5. The van der Waals surface area contributed by atoms with Gasteiger partial charge >= 0.3 is 0 Å². The first kappa shape index (κ1) is 13.0. The molecule has 0 radical (unpaired) electrons. The second kappa shape index (κ2) is 4.41. The minimum Gasteiger partial charge on any atom is -0.591 e. The van der Waals surface area contributed by atoms with Crippen LogP contribution in [-0.4, -0.2) is 34.0 Å². The molecule has 0 aromatic carbocycles. The number of nitrogens with zero attached hydrogens (tertiary/aromatic N) is 1. The fraction of sp³-hybridized carbons (Fsp3) is 0.900. The van der Waals surface area contributed by atoms with Crippen LogP contribution in [0.15, 0.2) is 4.40 Å². The van der Waals surface area contributed by atoms with Gasteiger partial charge < -0.3 is 14.0 Å². The zero-order valence-corrected chi connectivity index (χ0v) is 10.8. The minimum absolute atomic E-state index is 0.189. The van der Waals surface area contributed by atoms with Gasteiger partial charge in [0.25, 0.3) is 0 Å². The number of hydrogen-bond acceptors (Lipinski definition) is 4. The molecule has 1 aliphatic rings. The molecular weight excluding hydrogens is 214 g/mol. The fourth-order valence-corrected chi connectivity index (χ4v) is 1.63. The lowest BCUT2D eigenvalue weighted by molar-refractivity contribution is -0.130. The SMILES string of the molecule is CC1(C)OC[C@H](/C=N/[S+]([O-])C(C)(C)C)O1. The number of rotatable bonds is 2. The summed E-state index contributed by atoms with van der Waals surface area (Å²) in [5.74, 6) is -0.556. The lowest BCUT2D eigenvalue weighted by Crippen LogP contribution is -2.27. The van der Waals surface area contributed by atoms with Gasteiger partial charge in [-0.05, 0) is 34.6 Å². The lowest BCUT2D eigenvalue weighted by atomic mass is 10.3. The van der Waals surface area contributed by atoms with Crippen LogP contribution in [0, 0.1) is 0 Å². The fourth-order valence-electron chi connectivity index (χ4n) is 1.07. The van der Waals surface area contributed by atoms with Crippen molar-refractivity contribution in [3.8, 4) is 0 Å². The molecule has 5 heteroatoms. The highest BCUT2D eigenvalue weighted by molar-refractivity contribution is 7.91. The summed E-state index contributed by atoms with van der Waals surface area (Å²) in [5.41, 5.74) is 0. The van der Waals surface area contributed by atoms with Crippen LogP contribution in [0.25, 0.3) is 0 Å². The van der Waals surface area contributed by atoms with E-state index in [9.17, 15) is 4.55 Å². The predicted molar refractivity (Wildman–Crippen MR) is 61.3 cm³/mol. The van der Waals surface area contributed by atoms with Crippen LogP contribution < -0.4 is 0 Å². The molecule has 2 atom stereocenters. The van der Waals surface area contributed by atoms with Crippen molar-refractivity contribution in [2.75, 3.05) is 6.61 Å². The van der Waals surface area contributed by atoms with Crippen molar-refractivity contribution in [3.05, 3.63) is 0 Å². The van der Waals surface area contributed by atoms with Crippen LogP contribution in [-0.2, 0) is 20.8 Å². The maximum absolute atomic E-state index is 11.6. The Labute approximate surface area is 94.4 Å². The molecule has 0 spiro atoms. The first-order valence-corrected chi connectivity index (χ1v) is 6.09. The highest BCUT2D eigenvalue weighted by Gasteiger charge is 2.33. The minimum atomic E-state index is -1.22. The third-order valence-corrected chi connectivity index (χ3v) is 3.24. The molecule has 1 unspecified atom stereocenters. The summed E-state index contributed by atoms with van der Waals surface area (Å²) in [4.78, 5) is 0. The smallest absolute Gasteiger partial charge is 0.163 e. The van der Waals surface area contributed by atoms with Crippen molar-refractivity contribution in [2.45, 2.75) is 51.3 Å². The maximum Gasteiger partial charge on any atom is 0.163 e. The van der Waals surface area contributed by atoms with Gasteiger partial charge in [0.1, 0.15) is 22.2 Å². The molecule has 1 fully saturated rings. The van der Waals surface area contributed by atoms with Crippen LogP contribution in [0.3, 0.4) is 0 Å². The van der Waals surface area contributed by atoms with Crippen LogP contribution >= 0.6 is 0 Å². The van der Waals surface area contributed by atoms with Gasteiger partial charge in [-0.2, -0.15) is 0 Å². The summed E-state index contributed by atoms with van der Waals surface area (Å²) >= 11 is -1.22. The van der Waals surface area contributed by atoms with Gasteiger partial charge in [-0.15, -0.1) is 0 Å². The zero-order chi connectivity index (χ0) is 11.7. The second-order valence-electron chi connectivity index (χ2n) is 4.98. The highest BCUT2D eigenvalue weighted by atomic mass is 32.2. The molecular formula is C10H19NO3S. The Morgan fingerprint density at radius 3 is 2.47 bits per heavy atom. The Balaban J connectivity index is 2.46. The van der Waals surface area contributed by atoms with Crippen molar-refractivity contribution in [2.24, 2.45) is 4.40 Å². The van der Waals surface area contributed by atoms with E-state index in [1.807, 2.05) is 34.6 Å². The Hall–Kier alpha value is -0.100. The van der Waals surface area contributed by atoms with Crippen molar-refractivity contribution >= 4 is 17.6 Å². The standard InChI is InChI=1S/C10H19NO3S/c1-9(2,3)15(12)11-6-8-7-13-10(4,5)14-8/h6,8H,7H2,1-5H3/b11-6+/t8-,15?/m0/s1. The van der Waals surface area contributed by atoms with E-state index in [0.29, 0.717) is 6.61 Å². The van der Waals surface area contributed by atoms with Gasteiger partial charge in [0.05, 0.1) is 12.8 Å². The summed E-state index contributed by atoms with van der Waals surface area (Å²) in [5, 5.41) is 0. The first-order chi connectivity index (χ1) is 6.71. The van der Waals surface area contributed by atoms with Gasteiger partial charge in [-0.25, -0.2) is 0 Å². The van der Waals surface area contributed by atoms with Crippen LogP contribution in [0.2, 0.25) is 0 Å². The quantitative estimate of drug-likeness (QED) is 0.538. The average molecular weight is 233 g/mol. The third kappa shape index (κ3) is 4.10. The Kier molecular flexibility index (Phi) is 3.81. The molecule has 88 valence electrons.